The molecule has 0 bridgehead atoms. The number of rotatable bonds is 5. The summed E-state index contributed by atoms with van der Waals surface area (Å²) in [6.07, 6.45) is 3.64. The van der Waals surface area contributed by atoms with E-state index in [0.29, 0.717) is 17.9 Å². The number of carbonyl (C=O) groups is 2. The molecule has 2 saturated heterocycles. The molecule has 1 aromatic heterocycles. The summed E-state index contributed by atoms with van der Waals surface area (Å²) in [6.45, 7) is 2.73. The van der Waals surface area contributed by atoms with E-state index in [4.69, 9.17) is 9.72 Å². The van der Waals surface area contributed by atoms with Crippen LogP contribution in [-0.2, 0) is 9.53 Å². The molecule has 2 fully saturated rings. The van der Waals surface area contributed by atoms with E-state index in [1.165, 1.54) is 12.8 Å². The largest absolute Gasteiger partial charge is 0.368 e. The van der Waals surface area contributed by atoms with E-state index >= 15 is 0 Å². The van der Waals surface area contributed by atoms with Gasteiger partial charge in [-0.2, -0.15) is 0 Å². The zero-order valence-electron chi connectivity index (χ0n) is 17.1. The van der Waals surface area contributed by atoms with Gasteiger partial charge in [0, 0.05) is 36.6 Å². The Morgan fingerprint density at radius 3 is 2.68 bits per heavy atom. The Bertz CT molecular complexity index is 1120. The van der Waals surface area contributed by atoms with Gasteiger partial charge in [0.05, 0.1) is 10.2 Å². The van der Waals surface area contributed by atoms with Gasteiger partial charge in [0.25, 0.3) is 11.8 Å². The van der Waals surface area contributed by atoms with Crippen molar-refractivity contribution in [1.29, 1.82) is 0 Å². The first-order valence-electron chi connectivity index (χ1n) is 10.7. The van der Waals surface area contributed by atoms with Crippen molar-refractivity contribution in [3.63, 3.8) is 0 Å². The van der Waals surface area contributed by atoms with Crippen LogP contribution in [0.1, 0.15) is 36.0 Å². The van der Waals surface area contributed by atoms with E-state index in [1.54, 1.807) is 35.6 Å². The molecule has 8 heteroatoms. The summed E-state index contributed by atoms with van der Waals surface area (Å²) < 4.78 is 6.47. The van der Waals surface area contributed by atoms with Crippen molar-refractivity contribution in [2.45, 2.75) is 31.8 Å². The number of carbonyl (C=O) groups excluding carboxylic acids is 2. The van der Waals surface area contributed by atoms with Crippen molar-refractivity contribution in [3.8, 4) is 0 Å². The predicted octanol–water partition coefficient (Wildman–Crippen LogP) is 4.27. The molecule has 2 aromatic carbocycles. The fourth-order valence-corrected chi connectivity index (χ4v) is 5.04. The average molecular weight is 437 g/mol. The van der Waals surface area contributed by atoms with E-state index in [-0.39, 0.29) is 11.8 Å². The van der Waals surface area contributed by atoms with Crippen LogP contribution < -0.4 is 15.5 Å². The van der Waals surface area contributed by atoms with Gasteiger partial charge < -0.3 is 20.3 Å². The van der Waals surface area contributed by atoms with E-state index in [9.17, 15) is 9.59 Å². The third kappa shape index (κ3) is 4.40. The molecule has 31 heavy (non-hydrogen) atoms. The second-order valence-electron chi connectivity index (χ2n) is 7.90. The summed E-state index contributed by atoms with van der Waals surface area (Å²) in [6, 6.07) is 12.7. The van der Waals surface area contributed by atoms with Gasteiger partial charge in [-0.3, -0.25) is 9.59 Å². The Labute approximate surface area is 184 Å². The lowest BCUT2D eigenvalue weighted by molar-refractivity contribution is -0.124. The number of amides is 2. The Kier molecular flexibility index (Phi) is 5.57. The Hall–Kier alpha value is -2.97. The minimum atomic E-state index is -0.408. The molecular weight excluding hydrogens is 412 g/mol. The van der Waals surface area contributed by atoms with Gasteiger partial charge in [0.15, 0.2) is 5.13 Å². The summed E-state index contributed by atoms with van der Waals surface area (Å²) in [5.41, 5.74) is 2.74. The molecule has 2 N–H and O–H groups in total. The normalized spacial score (nSPS) is 18.5. The highest BCUT2D eigenvalue weighted by atomic mass is 32.1. The molecule has 0 radical (unpaired) electrons. The molecule has 2 aliphatic rings. The molecule has 1 atom stereocenters. The first-order valence-corrected chi connectivity index (χ1v) is 11.5. The standard InChI is InChI=1S/C23H24N4O3S/c28-21(15-5-3-6-16(13-15)25-22(29)19-7-4-12-30-19)24-17-8-9-18-20(14-17)31-23(26-18)27-10-1-2-11-27/h3,5-6,8-9,13-14,19H,1-2,4,7,10-12H2,(H,24,28)(H,25,29)/t19-/m1/s1. The van der Waals surface area contributed by atoms with Crippen LogP contribution in [0.5, 0.6) is 0 Å². The molecule has 5 rings (SSSR count). The molecule has 3 aromatic rings. The number of hydrogen-bond donors (Lipinski definition) is 2. The Morgan fingerprint density at radius 1 is 1.03 bits per heavy atom. The number of nitrogens with zero attached hydrogens (tertiary/aromatic N) is 2. The van der Waals surface area contributed by atoms with Crippen molar-refractivity contribution in [2.75, 3.05) is 35.2 Å². The van der Waals surface area contributed by atoms with Gasteiger partial charge in [0.2, 0.25) is 0 Å². The SMILES string of the molecule is O=C(Nc1ccc2nc(N3CCCC3)sc2c1)c1cccc(NC(=O)[C@H]2CCCO2)c1. The maximum atomic E-state index is 12.8. The lowest BCUT2D eigenvalue weighted by Gasteiger charge is -2.11. The van der Waals surface area contributed by atoms with Gasteiger partial charge in [-0.1, -0.05) is 17.4 Å². The summed E-state index contributed by atoms with van der Waals surface area (Å²) in [4.78, 5) is 32.1. The van der Waals surface area contributed by atoms with Crippen molar-refractivity contribution in [2.24, 2.45) is 0 Å². The van der Waals surface area contributed by atoms with Crippen molar-refractivity contribution in [1.82, 2.24) is 4.98 Å². The van der Waals surface area contributed by atoms with Gasteiger partial charge in [-0.25, -0.2) is 4.98 Å². The molecule has 2 aliphatic heterocycles. The molecule has 0 unspecified atom stereocenters. The summed E-state index contributed by atoms with van der Waals surface area (Å²) in [5.74, 6) is -0.392. The Morgan fingerprint density at radius 2 is 1.87 bits per heavy atom. The molecule has 0 spiro atoms. The predicted molar refractivity (Wildman–Crippen MR) is 123 cm³/mol. The second-order valence-corrected chi connectivity index (χ2v) is 8.91. The third-order valence-corrected chi connectivity index (χ3v) is 6.70. The molecule has 3 heterocycles. The highest BCUT2D eigenvalue weighted by Gasteiger charge is 2.23. The smallest absolute Gasteiger partial charge is 0.255 e. The highest BCUT2D eigenvalue weighted by Crippen LogP contribution is 2.32. The van der Waals surface area contributed by atoms with Crippen molar-refractivity contribution < 1.29 is 14.3 Å². The van der Waals surface area contributed by atoms with Crippen LogP contribution in [0, 0.1) is 0 Å². The first kappa shape index (κ1) is 20.0. The number of ether oxygens (including phenoxy) is 1. The van der Waals surface area contributed by atoms with Gasteiger partial charge in [-0.05, 0) is 62.1 Å². The third-order valence-electron chi connectivity index (χ3n) is 5.63. The molecule has 160 valence electrons. The number of hydrogen-bond acceptors (Lipinski definition) is 6. The summed E-state index contributed by atoms with van der Waals surface area (Å²) in [5, 5.41) is 6.84. The van der Waals surface area contributed by atoms with E-state index in [2.05, 4.69) is 15.5 Å². The molecule has 0 saturated carbocycles. The number of thiazole rings is 1. The van der Waals surface area contributed by atoms with Crippen LogP contribution in [0.15, 0.2) is 42.5 Å². The fourth-order valence-electron chi connectivity index (χ4n) is 3.98. The van der Waals surface area contributed by atoms with Crippen LogP contribution >= 0.6 is 11.3 Å². The number of aromatic nitrogens is 1. The van der Waals surface area contributed by atoms with E-state index in [0.717, 1.165) is 47.0 Å². The minimum absolute atomic E-state index is 0.167. The highest BCUT2D eigenvalue weighted by molar-refractivity contribution is 7.22. The average Bonchev–Trinajstić information content (AvgIpc) is 3.55. The van der Waals surface area contributed by atoms with Gasteiger partial charge in [0.1, 0.15) is 6.10 Å². The zero-order chi connectivity index (χ0) is 21.2. The minimum Gasteiger partial charge on any atom is -0.368 e. The molecular formula is C23H24N4O3S. The maximum Gasteiger partial charge on any atom is 0.255 e. The molecule has 7 nitrogen and oxygen atoms in total. The zero-order valence-corrected chi connectivity index (χ0v) is 17.9. The molecule has 2 amide bonds. The van der Waals surface area contributed by atoms with Crippen LogP contribution in [0.4, 0.5) is 16.5 Å². The van der Waals surface area contributed by atoms with Crippen LogP contribution in [-0.4, -0.2) is 42.6 Å². The number of nitrogens with one attached hydrogen (secondary N) is 2. The number of anilines is 3. The summed E-state index contributed by atoms with van der Waals surface area (Å²) in [7, 11) is 0. The topological polar surface area (TPSA) is 83.6 Å². The van der Waals surface area contributed by atoms with Gasteiger partial charge >= 0.3 is 0 Å². The lowest BCUT2D eigenvalue weighted by atomic mass is 10.1. The van der Waals surface area contributed by atoms with Crippen LogP contribution in [0.25, 0.3) is 10.2 Å². The van der Waals surface area contributed by atoms with Crippen LogP contribution in [0.2, 0.25) is 0 Å². The number of benzene rings is 2. The van der Waals surface area contributed by atoms with E-state index in [1.807, 2.05) is 18.2 Å². The van der Waals surface area contributed by atoms with Crippen molar-refractivity contribution >= 4 is 49.9 Å². The quantitative estimate of drug-likeness (QED) is 0.624. The lowest BCUT2D eigenvalue weighted by Crippen LogP contribution is -2.27. The first-order chi connectivity index (χ1) is 15.2. The maximum absolute atomic E-state index is 12.8. The van der Waals surface area contributed by atoms with E-state index < -0.39 is 6.10 Å². The van der Waals surface area contributed by atoms with Gasteiger partial charge in [-0.15, -0.1) is 0 Å². The number of fused-ring (bicyclic) bond motifs is 1. The fraction of sp³-hybridized carbons (Fsp3) is 0.348. The molecule has 0 aliphatic carbocycles. The monoisotopic (exact) mass is 436 g/mol. The van der Waals surface area contributed by atoms with Crippen LogP contribution in [0.3, 0.4) is 0 Å². The second kappa shape index (κ2) is 8.64. The Balaban J connectivity index is 1.28. The van der Waals surface area contributed by atoms with Crippen molar-refractivity contribution in [3.05, 3.63) is 48.0 Å². The summed E-state index contributed by atoms with van der Waals surface area (Å²) >= 11 is 1.66.